The van der Waals surface area contributed by atoms with Crippen LogP contribution in [0, 0.1) is 0 Å². The number of unbranched alkanes of at least 4 members (excludes halogenated alkanes) is 14. The third-order valence-electron chi connectivity index (χ3n) is 9.17. The van der Waals surface area contributed by atoms with Gasteiger partial charge in [0.05, 0.1) is 9.79 Å². The number of hydrogen-bond donors (Lipinski definition) is 0. The molecule has 296 valence electrons. The summed E-state index contributed by atoms with van der Waals surface area (Å²) in [6.07, 6.45) is 20.0. The summed E-state index contributed by atoms with van der Waals surface area (Å²) in [6.45, 7) is 4.41. The monoisotopic (exact) mass is 818 g/mol. The summed E-state index contributed by atoms with van der Waals surface area (Å²) in [6, 6.07) is 27.7. The van der Waals surface area contributed by atoms with Crippen molar-refractivity contribution in [1.29, 1.82) is 0 Å². The van der Waals surface area contributed by atoms with Gasteiger partial charge in [0.25, 0.3) is 0 Å². The van der Waals surface area contributed by atoms with Gasteiger partial charge in [-0.3, -0.25) is 0 Å². The first-order valence-corrected chi connectivity index (χ1v) is 22.5. The van der Waals surface area contributed by atoms with Crippen molar-refractivity contribution < 1.29 is 35.4 Å². The largest absolute Gasteiger partial charge is 2.00 e. The third-order valence-corrected chi connectivity index (χ3v) is 11.0. The summed E-state index contributed by atoms with van der Waals surface area (Å²) in [5, 5.41) is 0. The van der Waals surface area contributed by atoms with Crippen LogP contribution in [-0.2, 0) is 33.1 Å². The van der Waals surface area contributed by atoms with Gasteiger partial charge in [-0.1, -0.05) is 152 Å². The van der Waals surface area contributed by atoms with Crippen molar-refractivity contribution in [2.45, 2.75) is 139 Å². The fraction of sp³-hybridized carbons (Fsp3) is 0.455. The number of para-hydroxylation sites is 2. The second kappa shape index (κ2) is 27.2. The molecule has 0 unspecified atom stereocenters. The van der Waals surface area contributed by atoms with Gasteiger partial charge in [0, 0.05) is 0 Å². The van der Waals surface area contributed by atoms with Crippen molar-refractivity contribution in [3.8, 4) is 23.0 Å². The smallest absolute Gasteiger partial charge is 0.744 e. The quantitative estimate of drug-likeness (QED) is 0.0388. The SMILES string of the molecule is CCCCCCCCCCc1ccc(Oc2ccccc2)cc1S(=O)(=O)[O-].CCCCCCCCCCc1ccc(Oc2ccccc2)cc1S(=O)(=O)[O-].[Ca+2]. The summed E-state index contributed by atoms with van der Waals surface area (Å²) in [5.41, 5.74) is 1.16. The van der Waals surface area contributed by atoms with E-state index in [9.17, 15) is 25.9 Å². The Labute approximate surface area is 361 Å². The van der Waals surface area contributed by atoms with Gasteiger partial charge in [-0.2, -0.15) is 0 Å². The van der Waals surface area contributed by atoms with Crippen LogP contribution >= 0.6 is 0 Å². The molecule has 0 N–H and O–H groups in total. The topological polar surface area (TPSA) is 133 Å². The van der Waals surface area contributed by atoms with Crippen molar-refractivity contribution in [1.82, 2.24) is 0 Å². The van der Waals surface area contributed by atoms with Crippen molar-refractivity contribution in [3.05, 3.63) is 108 Å². The van der Waals surface area contributed by atoms with Gasteiger partial charge in [-0.25, -0.2) is 16.8 Å². The average molecular weight is 819 g/mol. The first kappa shape index (κ1) is 48.7. The summed E-state index contributed by atoms with van der Waals surface area (Å²) < 4.78 is 81.4. The normalized spacial score (nSPS) is 11.3. The van der Waals surface area contributed by atoms with Gasteiger partial charge >= 0.3 is 37.7 Å². The van der Waals surface area contributed by atoms with Crippen molar-refractivity contribution >= 4 is 58.0 Å². The minimum Gasteiger partial charge on any atom is -0.744 e. The minimum atomic E-state index is -4.54. The van der Waals surface area contributed by atoms with Crippen LogP contribution in [0.25, 0.3) is 0 Å². The van der Waals surface area contributed by atoms with Gasteiger partial charge in [0.2, 0.25) is 0 Å². The predicted octanol–water partition coefficient (Wildman–Crippen LogP) is 11.8. The maximum atomic E-state index is 11.7. The Morgan fingerprint density at radius 3 is 1.04 bits per heavy atom. The second-order valence-electron chi connectivity index (χ2n) is 13.7. The van der Waals surface area contributed by atoms with Crippen molar-refractivity contribution in [2.24, 2.45) is 0 Å². The molecule has 0 aliphatic carbocycles. The predicted molar refractivity (Wildman–Crippen MR) is 220 cm³/mol. The molecule has 55 heavy (non-hydrogen) atoms. The first-order chi connectivity index (χ1) is 26.0. The Kier molecular flexibility index (Phi) is 24.1. The summed E-state index contributed by atoms with van der Waals surface area (Å²) in [4.78, 5) is -0.335. The molecule has 11 heteroatoms. The number of rotatable bonds is 24. The van der Waals surface area contributed by atoms with E-state index >= 15 is 0 Å². The average Bonchev–Trinajstić information content (AvgIpc) is 3.15. The van der Waals surface area contributed by atoms with E-state index in [1.165, 1.54) is 76.3 Å². The van der Waals surface area contributed by atoms with E-state index in [1.807, 2.05) is 36.4 Å². The van der Waals surface area contributed by atoms with Crippen molar-refractivity contribution in [3.63, 3.8) is 0 Å². The standard InChI is InChI=1S/2C22H30O4S.Ca/c2*1-2-3-4-5-6-7-8-10-13-19-16-17-21(18-22(19)27(23,24)25)26-20-14-11-9-12-15-20;/h2*9,11-12,14-18H,2-8,10,13H2,1H3,(H,23,24,25);/q;;+2/p-2. The molecule has 0 spiro atoms. The number of benzene rings is 4. The molecule has 4 aromatic carbocycles. The van der Waals surface area contributed by atoms with Gasteiger partial charge in [0.15, 0.2) is 0 Å². The molecule has 0 aliphatic heterocycles. The summed E-state index contributed by atoms with van der Waals surface area (Å²) in [5.74, 6) is 1.91. The van der Waals surface area contributed by atoms with Crippen molar-refractivity contribution in [2.75, 3.05) is 0 Å². The molecule has 0 fully saturated rings. The zero-order valence-electron chi connectivity index (χ0n) is 32.8. The van der Waals surface area contributed by atoms with E-state index in [0.717, 1.165) is 38.5 Å². The summed E-state index contributed by atoms with van der Waals surface area (Å²) >= 11 is 0. The van der Waals surface area contributed by atoms with Crippen LogP contribution in [0.3, 0.4) is 0 Å². The van der Waals surface area contributed by atoms with E-state index in [0.29, 0.717) is 47.0 Å². The maximum Gasteiger partial charge on any atom is 2.00 e. The molecule has 0 aromatic heterocycles. The zero-order chi connectivity index (χ0) is 39.1. The maximum absolute atomic E-state index is 11.7. The van der Waals surface area contributed by atoms with E-state index in [-0.39, 0.29) is 47.5 Å². The van der Waals surface area contributed by atoms with E-state index in [1.54, 1.807) is 48.5 Å². The molecule has 0 atom stereocenters. The van der Waals surface area contributed by atoms with Gasteiger partial charge in [-0.05, 0) is 85.3 Å². The third kappa shape index (κ3) is 20.0. The summed E-state index contributed by atoms with van der Waals surface area (Å²) in [7, 11) is -9.07. The molecular formula is C44H58CaO8S2. The Balaban J connectivity index is 0.000000373. The zero-order valence-corrected chi connectivity index (χ0v) is 36.6. The molecule has 4 aromatic rings. The van der Waals surface area contributed by atoms with Crippen LogP contribution in [0.5, 0.6) is 23.0 Å². The van der Waals surface area contributed by atoms with Crippen LogP contribution < -0.4 is 9.47 Å². The Morgan fingerprint density at radius 1 is 0.418 bits per heavy atom. The van der Waals surface area contributed by atoms with E-state index in [4.69, 9.17) is 9.47 Å². The first-order valence-electron chi connectivity index (χ1n) is 19.6. The molecule has 8 nitrogen and oxygen atoms in total. The number of aryl methyl sites for hydroxylation is 2. The Morgan fingerprint density at radius 2 is 0.727 bits per heavy atom. The van der Waals surface area contributed by atoms with Crippen LogP contribution in [0.15, 0.2) is 107 Å². The molecule has 0 bridgehead atoms. The van der Waals surface area contributed by atoms with Crippen LogP contribution in [0.4, 0.5) is 0 Å². The van der Waals surface area contributed by atoms with E-state index < -0.39 is 20.2 Å². The van der Waals surface area contributed by atoms with Crippen LogP contribution in [0.1, 0.15) is 128 Å². The van der Waals surface area contributed by atoms with Gasteiger partial charge in [0.1, 0.15) is 43.2 Å². The molecule has 0 heterocycles. The minimum absolute atomic E-state index is 0. The second-order valence-corrected chi connectivity index (χ2v) is 16.4. The fourth-order valence-electron chi connectivity index (χ4n) is 6.22. The molecule has 0 aliphatic rings. The van der Waals surface area contributed by atoms with E-state index in [2.05, 4.69) is 13.8 Å². The van der Waals surface area contributed by atoms with Crippen LogP contribution in [-0.4, -0.2) is 63.7 Å². The number of ether oxygens (including phenoxy) is 2. The Bertz CT molecular complexity index is 1710. The van der Waals surface area contributed by atoms with Crippen LogP contribution in [0.2, 0.25) is 0 Å². The molecular weight excluding hydrogens is 761 g/mol. The molecule has 0 saturated heterocycles. The van der Waals surface area contributed by atoms with Gasteiger partial charge in [-0.15, -0.1) is 0 Å². The molecule has 4 rings (SSSR count). The number of hydrogen-bond acceptors (Lipinski definition) is 8. The molecule has 0 radical (unpaired) electrons. The fourth-order valence-corrected chi connectivity index (χ4v) is 7.73. The molecule has 0 amide bonds. The van der Waals surface area contributed by atoms with Gasteiger partial charge < -0.3 is 18.6 Å². The molecule has 0 saturated carbocycles. The Hall–Kier alpha value is -2.44.